The van der Waals surface area contributed by atoms with Gasteiger partial charge in [-0.3, -0.25) is 4.79 Å². The summed E-state index contributed by atoms with van der Waals surface area (Å²) in [7, 11) is 1.61. The first kappa shape index (κ1) is 15.4. The van der Waals surface area contributed by atoms with Gasteiger partial charge in [-0.25, -0.2) is 0 Å². The number of Topliss-reactive ketones (excluding diaryl/α,β-unsaturated/α-hetero) is 1. The molecule has 4 nitrogen and oxygen atoms in total. The van der Waals surface area contributed by atoms with Crippen molar-refractivity contribution >= 4 is 27.4 Å². The van der Waals surface area contributed by atoms with E-state index in [-0.39, 0.29) is 5.78 Å². The van der Waals surface area contributed by atoms with E-state index in [1.54, 1.807) is 25.3 Å². The Hall–Kier alpha value is -2.01. The van der Waals surface area contributed by atoms with Crippen LogP contribution in [0.2, 0.25) is 0 Å². The van der Waals surface area contributed by atoms with Crippen LogP contribution in [0.3, 0.4) is 0 Å². The van der Waals surface area contributed by atoms with Crippen LogP contribution in [0.4, 0.5) is 5.69 Å². The molecule has 0 aliphatic heterocycles. The SMILES string of the molecule is COc1ccc(Br)cc1COc1ccc(N)cc1C(C)=O. The molecule has 0 aliphatic rings. The molecule has 0 aromatic heterocycles. The van der Waals surface area contributed by atoms with E-state index in [1.807, 2.05) is 18.2 Å². The van der Waals surface area contributed by atoms with Crippen molar-refractivity contribution in [3.8, 4) is 11.5 Å². The highest BCUT2D eigenvalue weighted by Gasteiger charge is 2.11. The molecule has 0 fully saturated rings. The second kappa shape index (κ2) is 6.63. The number of hydrogen-bond acceptors (Lipinski definition) is 4. The minimum atomic E-state index is -0.0847. The van der Waals surface area contributed by atoms with Gasteiger partial charge in [-0.15, -0.1) is 0 Å². The van der Waals surface area contributed by atoms with Crippen molar-refractivity contribution in [3.63, 3.8) is 0 Å². The smallest absolute Gasteiger partial charge is 0.163 e. The summed E-state index contributed by atoms with van der Waals surface area (Å²) in [6, 6.07) is 10.7. The quantitative estimate of drug-likeness (QED) is 0.658. The lowest BCUT2D eigenvalue weighted by molar-refractivity contribution is 0.101. The number of nitrogens with two attached hydrogens (primary N) is 1. The molecule has 2 aromatic rings. The third-order valence-corrected chi connectivity index (χ3v) is 3.50. The number of benzene rings is 2. The van der Waals surface area contributed by atoms with Crippen molar-refractivity contribution in [2.75, 3.05) is 12.8 Å². The summed E-state index contributed by atoms with van der Waals surface area (Å²) in [6.07, 6.45) is 0. The average molecular weight is 350 g/mol. The van der Waals surface area contributed by atoms with Crippen LogP contribution >= 0.6 is 15.9 Å². The maximum Gasteiger partial charge on any atom is 0.163 e. The molecule has 0 radical (unpaired) electrons. The van der Waals surface area contributed by atoms with Crippen LogP contribution in [0.25, 0.3) is 0 Å². The van der Waals surface area contributed by atoms with Crippen LogP contribution in [0.15, 0.2) is 40.9 Å². The van der Waals surface area contributed by atoms with Crippen LogP contribution in [0, 0.1) is 0 Å². The van der Waals surface area contributed by atoms with Crippen LogP contribution in [-0.2, 0) is 6.61 Å². The molecule has 2 rings (SSSR count). The summed E-state index contributed by atoms with van der Waals surface area (Å²) >= 11 is 3.42. The Kier molecular flexibility index (Phi) is 4.85. The van der Waals surface area contributed by atoms with Crippen molar-refractivity contribution in [1.29, 1.82) is 0 Å². The molecule has 0 spiro atoms. The molecule has 0 heterocycles. The molecule has 0 amide bonds. The Labute approximate surface area is 132 Å². The molecule has 0 bridgehead atoms. The van der Waals surface area contributed by atoms with E-state index < -0.39 is 0 Å². The fraction of sp³-hybridized carbons (Fsp3) is 0.188. The normalized spacial score (nSPS) is 10.2. The maximum atomic E-state index is 11.6. The van der Waals surface area contributed by atoms with Gasteiger partial charge in [-0.2, -0.15) is 0 Å². The Morgan fingerprint density at radius 3 is 2.57 bits per heavy atom. The summed E-state index contributed by atoms with van der Waals surface area (Å²) in [4.78, 5) is 11.6. The number of carbonyl (C=O) groups excluding carboxylic acids is 1. The van der Waals surface area contributed by atoms with Crippen LogP contribution in [0.1, 0.15) is 22.8 Å². The van der Waals surface area contributed by atoms with E-state index in [1.165, 1.54) is 6.92 Å². The van der Waals surface area contributed by atoms with Crippen LogP contribution in [0.5, 0.6) is 11.5 Å². The van der Waals surface area contributed by atoms with Crippen molar-refractivity contribution in [2.24, 2.45) is 0 Å². The molecule has 0 unspecified atom stereocenters. The van der Waals surface area contributed by atoms with Gasteiger partial charge in [0.05, 0.1) is 12.7 Å². The standard InChI is InChI=1S/C16H16BrNO3/c1-10(19)14-8-13(18)4-6-16(14)21-9-11-7-12(17)3-5-15(11)20-2/h3-8H,9,18H2,1-2H3. The van der Waals surface area contributed by atoms with Crippen molar-refractivity contribution < 1.29 is 14.3 Å². The number of anilines is 1. The number of ether oxygens (including phenoxy) is 2. The van der Waals surface area contributed by atoms with Crippen molar-refractivity contribution in [2.45, 2.75) is 13.5 Å². The van der Waals surface area contributed by atoms with Crippen molar-refractivity contribution in [3.05, 3.63) is 52.0 Å². The molecule has 0 aliphatic carbocycles. The van der Waals surface area contributed by atoms with Gasteiger partial charge in [0.25, 0.3) is 0 Å². The van der Waals surface area contributed by atoms with Gasteiger partial charge in [0, 0.05) is 15.7 Å². The minimum Gasteiger partial charge on any atom is -0.496 e. The number of rotatable bonds is 5. The number of methoxy groups -OCH3 is 1. The van der Waals surface area contributed by atoms with E-state index >= 15 is 0 Å². The van der Waals surface area contributed by atoms with E-state index in [0.29, 0.717) is 23.6 Å². The first-order chi connectivity index (χ1) is 10.0. The second-order valence-electron chi connectivity index (χ2n) is 4.56. The number of nitrogen functional groups attached to an aromatic ring is 1. The van der Waals surface area contributed by atoms with E-state index in [4.69, 9.17) is 15.2 Å². The molecule has 2 N–H and O–H groups in total. The molecular weight excluding hydrogens is 334 g/mol. The molecule has 2 aromatic carbocycles. The molecule has 110 valence electrons. The summed E-state index contributed by atoms with van der Waals surface area (Å²) in [6.45, 7) is 1.79. The van der Waals surface area contributed by atoms with Gasteiger partial charge < -0.3 is 15.2 Å². The highest BCUT2D eigenvalue weighted by molar-refractivity contribution is 9.10. The van der Waals surface area contributed by atoms with Gasteiger partial charge in [0.15, 0.2) is 5.78 Å². The fourth-order valence-electron chi connectivity index (χ4n) is 1.96. The zero-order valence-corrected chi connectivity index (χ0v) is 13.4. The summed E-state index contributed by atoms with van der Waals surface area (Å²) < 4.78 is 12.0. The number of carbonyl (C=O) groups is 1. The lowest BCUT2D eigenvalue weighted by Crippen LogP contribution is -2.04. The Morgan fingerprint density at radius 1 is 1.19 bits per heavy atom. The zero-order valence-electron chi connectivity index (χ0n) is 11.9. The fourth-order valence-corrected chi connectivity index (χ4v) is 2.37. The third kappa shape index (κ3) is 3.76. The second-order valence-corrected chi connectivity index (χ2v) is 5.47. The topological polar surface area (TPSA) is 61.6 Å². The third-order valence-electron chi connectivity index (χ3n) is 3.01. The Morgan fingerprint density at radius 2 is 1.90 bits per heavy atom. The summed E-state index contributed by atoms with van der Waals surface area (Å²) in [5.74, 6) is 1.16. The Balaban J connectivity index is 2.24. The minimum absolute atomic E-state index is 0.0847. The van der Waals surface area contributed by atoms with E-state index in [2.05, 4.69) is 15.9 Å². The summed E-state index contributed by atoms with van der Waals surface area (Å²) in [5, 5.41) is 0. The first-order valence-corrected chi connectivity index (χ1v) is 7.16. The lowest BCUT2D eigenvalue weighted by Gasteiger charge is -2.13. The highest BCUT2D eigenvalue weighted by atomic mass is 79.9. The van der Waals surface area contributed by atoms with Crippen molar-refractivity contribution in [1.82, 2.24) is 0 Å². The van der Waals surface area contributed by atoms with Crippen LogP contribution < -0.4 is 15.2 Å². The molecule has 5 heteroatoms. The number of hydrogen-bond donors (Lipinski definition) is 1. The molecule has 21 heavy (non-hydrogen) atoms. The van der Waals surface area contributed by atoms with Gasteiger partial charge in [0.1, 0.15) is 18.1 Å². The average Bonchev–Trinajstić information content (AvgIpc) is 2.46. The van der Waals surface area contributed by atoms with Gasteiger partial charge in [0.2, 0.25) is 0 Å². The largest absolute Gasteiger partial charge is 0.496 e. The van der Waals surface area contributed by atoms with Gasteiger partial charge in [-0.05, 0) is 43.3 Å². The number of ketones is 1. The van der Waals surface area contributed by atoms with Gasteiger partial charge in [-0.1, -0.05) is 15.9 Å². The van der Waals surface area contributed by atoms with Crippen LogP contribution in [-0.4, -0.2) is 12.9 Å². The zero-order chi connectivity index (χ0) is 15.4. The molecular formula is C16H16BrNO3. The molecule has 0 saturated heterocycles. The predicted molar refractivity (Wildman–Crippen MR) is 85.9 cm³/mol. The molecule has 0 atom stereocenters. The summed E-state index contributed by atoms with van der Waals surface area (Å²) in [5.41, 5.74) is 7.60. The predicted octanol–water partition coefficient (Wildman–Crippen LogP) is 3.82. The van der Waals surface area contributed by atoms with E-state index in [0.717, 1.165) is 15.8 Å². The Bertz CT molecular complexity index is 671. The molecule has 0 saturated carbocycles. The maximum absolute atomic E-state index is 11.6. The highest BCUT2D eigenvalue weighted by Crippen LogP contribution is 2.27. The first-order valence-electron chi connectivity index (χ1n) is 6.37. The number of halogens is 1. The monoisotopic (exact) mass is 349 g/mol. The van der Waals surface area contributed by atoms with E-state index in [9.17, 15) is 4.79 Å². The van der Waals surface area contributed by atoms with Gasteiger partial charge >= 0.3 is 0 Å². The lowest BCUT2D eigenvalue weighted by atomic mass is 10.1.